The molecule has 32 heavy (non-hydrogen) atoms. The van der Waals surface area contributed by atoms with E-state index in [0.29, 0.717) is 0 Å². The maximum atomic E-state index is 13.3. The summed E-state index contributed by atoms with van der Waals surface area (Å²) >= 11 is 0. The second kappa shape index (κ2) is 7.54. The highest BCUT2D eigenvalue weighted by Gasteiger charge is 2.96. The van der Waals surface area contributed by atoms with Crippen LogP contribution in [0.5, 0.6) is 0 Å². The summed E-state index contributed by atoms with van der Waals surface area (Å²) in [6, 6.07) is 0. The van der Waals surface area contributed by atoms with Gasteiger partial charge in [0.1, 0.15) is 6.54 Å². The molecule has 0 fully saturated rings. The van der Waals surface area contributed by atoms with Crippen molar-refractivity contribution in [3.05, 3.63) is 0 Å². The summed E-state index contributed by atoms with van der Waals surface area (Å²) in [6.07, 6.45) is -7.96. The number of carbonyl (C=O) groups excluding carboxylic acids is 1. The van der Waals surface area contributed by atoms with E-state index in [1.165, 1.54) is 4.99 Å². The summed E-state index contributed by atoms with van der Waals surface area (Å²) in [5.41, 5.74) is 0. The molecule has 0 aliphatic carbocycles. The van der Waals surface area contributed by atoms with Crippen LogP contribution in [0.2, 0.25) is 0 Å². The van der Waals surface area contributed by atoms with Gasteiger partial charge in [0.2, 0.25) is 6.08 Å². The normalized spacial score (nSPS) is 16.1. The van der Waals surface area contributed by atoms with E-state index in [-0.39, 0.29) is 6.08 Å². The molecule has 0 amide bonds. The van der Waals surface area contributed by atoms with Gasteiger partial charge in [0.15, 0.2) is 0 Å². The zero-order valence-corrected chi connectivity index (χ0v) is 13.7. The van der Waals surface area contributed by atoms with Crippen molar-refractivity contribution in [3.8, 4) is 0 Å². The number of nitrogens with zero attached hydrogens (tertiary/aromatic N) is 1. The maximum Gasteiger partial charge on any atom is 0.460 e. The number of alkyl halides is 19. The number of aliphatic imine (C=N–C) groups is 1. The van der Waals surface area contributed by atoms with E-state index in [9.17, 15) is 88.2 Å². The largest absolute Gasteiger partial charge is 0.460 e. The molecular formula is C11H2F19NO. The lowest BCUT2D eigenvalue weighted by atomic mass is 9.87. The summed E-state index contributed by atoms with van der Waals surface area (Å²) in [6.45, 7) is -3.25. The third kappa shape index (κ3) is 3.64. The van der Waals surface area contributed by atoms with E-state index in [1.54, 1.807) is 0 Å². The van der Waals surface area contributed by atoms with Crippen molar-refractivity contribution < 1.29 is 88.2 Å². The lowest BCUT2D eigenvalue weighted by molar-refractivity contribution is -0.468. The molecule has 0 spiro atoms. The first-order valence-corrected chi connectivity index (χ1v) is 6.69. The molecule has 0 aliphatic heterocycles. The topological polar surface area (TPSA) is 29.4 Å². The Morgan fingerprint density at radius 3 is 0.938 bits per heavy atom. The molecule has 0 saturated heterocycles. The van der Waals surface area contributed by atoms with Crippen molar-refractivity contribution in [1.82, 2.24) is 0 Å². The van der Waals surface area contributed by atoms with Crippen molar-refractivity contribution in [2.45, 2.75) is 53.6 Å². The second-order valence-electron chi connectivity index (χ2n) is 5.63. The fourth-order valence-corrected chi connectivity index (χ4v) is 1.62. The summed E-state index contributed by atoms with van der Waals surface area (Å²) < 4.78 is 245. The third-order valence-electron chi connectivity index (χ3n) is 3.52. The molecule has 0 aromatic carbocycles. The maximum absolute atomic E-state index is 13.3. The molecule has 21 heteroatoms. The Morgan fingerprint density at radius 1 is 0.438 bits per heavy atom. The molecule has 190 valence electrons. The zero-order valence-electron chi connectivity index (χ0n) is 13.7. The van der Waals surface area contributed by atoms with Gasteiger partial charge < -0.3 is 0 Å². The van der Waals surface area contributed by atoms with Crippen molar-refractivity contribution in [1.29, 1.82) is 0 Å². The Labute approximate surface area is 161 Å². The van der Waals surface area contributed by atoms with Gasteiger partial charge in [-0.15, -0.1) is 0 Å². The molecule has 0 heterocycles. The average Bonchev–Trinajstić information content (AvgIpc) is 2.57. The molecule has 2 nitrogen and oxygen atoms in total. The van der Waals surface area contributed by atoms with Crippen LogP contribution in [0.25, 0.3) is 0 Å². The van der Waals surface area contributed by atoms with Gasteiger partial charge in [-0.25, -0.2) is 4.79 Å². The van der Waals surface area contributed by atoms with Crippen LogP contribution in [-0.4, -0.2) is 66.2 Å². The molecule has 0 N–H and O–H groups in total. The Bertz CT molecular complexity index is 743. The minimum atomic E-state index is -8.96. The van der Waals surface area contributed by atoms with E-state index in [0.717, 1.165) is 0 Å². The monoisotopic (exact) mass is 525 g/mol. The predicted octanol–water partition coefficient (Wildman–Crippen LogP) is 5.97. The Morgan fingerprint density at radius 2 is 0.688 bits per heavy atom. The Hall–Kier alpha value is -1.95. The zero-order chi connectivity index (χ0) is 26.6. The van der Waals surface area contributed by atoms with Gasteiger partial charge in [-0.3, -0.25) is 0 Å². The first kappa shape index (κ1) is 30.1. The van der Waals surface area contributed by atoms with Crippen molar-refractivity contribution in [2.75, 3.05) is 6.54 Å². The van der Waals surface area contributed by atoms with Crippen LogP contribution in [0.15, 0.2) is 4.99 Å². The minimum absolute atomic E-state index is 0.0367. The van der Waals surface area contributed by atoms with E-state index in [1.807, 2.05) is 0 Å². The van der Waals surface area contributed by atoms with Crippen molar-refractivity contribution in [2.24, 2.45) is 4.99 Å². The lowest BCUT2D eigenvalue weighted by Gasteiger charge is -2.43. The average molecular weight is 525 g/mol. The fourth-order valence-electron chi connectivity index (χ4n) is 1.62. The molecule has 0 aromatic rings. The van der Waals surface area contributed by atoms with Gasteiger partial charge in [0, 0.05) is 0 Å². The number of halogens is 19. The molecule has 0 aromatic heterocycles. The first-order valence-electron chi connectivity index (χ1n) is 6.69. The predicted molar refractivity (Wildman–Crippen MR) is 58.6 cm³/mol. The van der Waals surface area contributed by atoms with E-state index >= 15 is 0 Å². The van der Waals surface area contributed by atoms with E-state index in [4.69, 9.17) is 0 Å². The van der Waals surface area contributed by atoms with Gasteiger partial charge in [-0.1, -0.05) is 0 Å². The fraction of sp³-hybridized carbons (Fsp3) is 0.909. The van der Waals surface area contributed by atoms with Crippen LogP contribution in [0, 0.1) is 0 Å². The van der Waals surface area contributed by atoms with Crippen molar-refractivity contribution in [3.63, 3.8) is 0 Å². The number of isocyanates is 1. The highest BCUT2D eigenvalue weighted by Crippen LogP contribution is 2.65. The lowest BCUT2D eigenvalue weighted by Crippen LogP contribution is -2.76. The van der Waals surface area contributed by atoms with Crippen LogP contribution in [0.1, 0.15) is 0 Å². The number of hydrogen-bond donors (Lipinski definition) is 0. The van der Waals surface area contributed by atoms with Gasteiger partial charge in [0.25, 0.3) is 0 Å². The van der Waals surface area contributed by atoms with E-state index in [2.05, 4.69) is 0 Å². The molecule has 0 rings (SSSR count). The molecule has 0 unspecified atom stereocenters. The highest BCUT2D eigenvalue weighted by molar-refractivity contribution is 5.33. The van der Waals surface area contributed by atoms with Crippen LogP contribution >= 0.6 is 0 Å². The molecular weight excluding hydrogens is 523 g/mol. The third-order valence-corrected chi connectivity index (χ3v) is 3.52. The molecule has 0 atom stereocenters. The van der Waals surface area contributed by atoms with Crippen LogP contribution in [0.3, 0.4) is 0 Å². The summed E-state index contributed by atoms with van der Waals surface area (Å²) in [4.78, 5) is 11.1. The number of hydrogen-bond acceptors (Lipinski definition) is 2. The SMILES string of the molecule is O=C=NCC(F)(F)C(F)(F)C(F)(F)C(F)(F)C(F)(F)C(F)(F)C(F)(F)C(F)(F)C(F)(F)F. The highest BCUT2D eigenvalue weighted by atomic mass is 19.4. The summed E-state index contributed by atoms with van der Waals surface area (Å²) in [7, 11) is 0. The van der Waals surface area contributed by atoms with Gasteiger partial charge in [-0.2, -0.15) is 88.4 Å². The first-order chi connectivity index (χ1) is 13.6. The van der Waals surface area contributed by atoms with Gasteiger partial charge in [-0.05, 0) is 0 Å². The molecule has 0 saturated carbocycles. The molecule has 0 bridgehead atoms. The van der Waals surface area contributed by atoms with Crippen molar-refractivity contribution >= 4 is 6.08 Å². The quantitative estimate of drug-likeness (QED) is 0.208. The Balaban J connectivity index is 6.88. The van der Waals surface area contributed by atoms with Crippen LogP contribution < -0.4 is 0 Å². The smallest absolute Gasteiger partial charge is 0.211 e. The molecule has 0 aliphatic rings. The minimum Gasteiger partial charge on any atom is -0.211 e. The molecule has 0 radical (unpaired) electrons. The second-order valence-corrected chi connectivity index (χ2v) is 5.63. The van der Waals surface area contributed by atoms with Gasteiger partial charge in [0.05, 0.1) is 0 Å². The van der Waals surface area contributed by atoms with Crippen LogP contribution in [-0.2, 0) is 4.79 Å². The number of rotatable bonds is 9. The van der Waals surface area contributed by atoms with Gasteiger partial charge >= 0.3 is 53.6 Å². The summed E-state index contributed by atoms with van der Waals surface area (Å²) in [5, 5.41) is 0. The summed E-state index contributed by atoms with van der Waals surface area (Å²) in [5.74, 6) is -67.1. The Kier molecular flexibility index (Phi) is 7.08. The standard InChI is InChI=1S/C11H2F19NO/c12-3(13,1-31-2-32)4(14,15)5(16,17)6(18,19)7(20,21)8(22,23)9(24,25)10(26,27)11(28,29)30/h1H2. The van der Waals surface area contributed by atoms with Crippen LogP contribution in [0.4, 0.5) is 83.4 Å². The van der Waals surface area contributed by atoms with E-state index < -0.39 is 60.1 Å².